The molecule has 0 aliphatic heterocycles. The molecule has 0 saturated heterocycles. The van der Waals surface area contributed by atoms with Gasteiger partial charge in [0, 0.05) is 5.75 Å². The quantitative estimate of drug-likeness (QED) is 0.529. The van der Waals surface area contributed by atoms with Crippen LogP contribution in [0.2, 0.25) is 0 Å². The van der Waals surface area contributed by atoms with Crippen LogP contribution < -0.4 is 0 Å². The molecule has 0 amide bonds. The van der Waals surface area contributed by atoms with Gasteiger partial charge in [-0.3, -0.25) is 0 Å². The molecule has 0 aliphatic carbocycles. The normalized spacial score (nSPS) is 10.0. The van der Waals surface area contributed by atoms with Crippen LogP contribution in [0.3, 0.4) is 0 Å². The largest absolute Gasteiger partial charge is 0.179 e. The van der Waals surface area contributed by atoms with Crippen molar-refractivity contribution in [1.29, 1.82) is 0 Å². The van der Waals surface area contributed by atoms with Gasteiger partial charge in [0.25, 0.3) is 0 Å². The lowest BCUT2D eigenvalue weighted by molar-refractivity contribution is 0.769. The van der Waals surface area contributed by atoms with Crippen molar-refractivity contribution in [3.8, 4) is 0 Å². The Bertz CT molecular complexity index is 24.7. The Morgan fingerprint density at radius 3 is 2.33 bits per heavy atom. The molecular formula is C4H9S2. The summed E-state index contributed by atoms with van der Waals surface area (Å²) in [6.07, 6.45) is 0. The average Bonchev–Trinajstić information content (AvgIpc) is 1.65. The van der Waals surface area contributed by atoms with Crippen molar-refractivity contribution >= 4 is 25.3 Å². The summed E-state index contributed by atoms with van der Waals surface area (Å²) in [6, 6.07) is 0. The fourth-order valence-electron chi connectivity index (χ4n) is 0.0527. The third-order valence-electron chi connectivity index (χ3n) is 0.596. The van der Waals surface area contributed by atoms with Crippen molar-refractivity contribution in [2.75, 3.05) is 11.5 Å². The van der Waals surface area contributed by atoms with E-state index >= 15 is 0 Å². The number of hydrogen-bond donors (Lipinski definition) is 1. The number of rotatable bonds is 2. The van der Waals surface area contributed by atoms with Crippen LogP contribution in [0.4, 0.5) is 0 Å². The fourth-order valence-corrected chi connectivity index (χ4v) is 0.474. The Labute approximate surface area is 50.1 Å². The van der Waals surface area contributed by atoms with Crippen LogP contribution in [0.25, 0.3) is 0 Å². The lowest BCUT2D eigenvalue weighted by atomic mass is 10.3. The molecule has 0 spiro atoms. The first-order valence-electron chi connectivity index (χ1n) is 2.00. The molecule has 1 unspecified atom stereocenters. The summed E-state index contributed by atoms with van der Waals surface area (Å²) in [5.41, 5.74) is 0. The molecule has 37 valence electrons. The first-order chi connectivity index (χ1) is 2.81. The van der Waals surface area contributed by atoms with Crippen molar-refractivity contribution in [1.82, 2.24) is 0 Å². The van der Waals surface area contributed by atoms with Crippen molar-refractivity contribution in [3.63, 3.8) is 0 Å². The first kappa shape index (κ1) is 6.70. The monoisotopic (exact) mass is 121 g/mol. The van der Waals surface area contributed by atoms with Gasteiger partial charge >= 0.3 is 0 Å². The molecule has 0 aliphatic rings. The van der Waals surface area contributed by atoms with Gasteiger partial charge in [0.05, 0.1) is 0 Å². The highest BCUT2D eigenvalue weighted by molar-refractivity contribution is 7.81. The molecule has 0 heterocycles. The van der Waals surface area contributed by atoms with E-state index in [0.717, 1.165) is 11.5 Å². The standard InChI is InChI=1S/C4H9S2/c1-4(2-5)3-6/h4-5H,2-3H2,1H3. The van der Waals surface area contributed by atoms with E-state index in [4.69, 9.17) is 12.6 Å². The van der Waals surface area contributed by atoms with Crippen molar-refractivity contribution in [2.45, 2.75) is 6.92 Å². The van der Waals surface area contributed by atoms with Gasteiger partial charge in [-0.25, -0.2) is 0 Å². The van der Waals surface area contributed by atoms with Gasteiger partial charge < -0.3 is 0 Å². The van der Waals surface area contributed by atoms with E-state index in [1.54, 1.807) is 0 Å². The van der Waals surface area contributed by atoms with E-state index in [0.29, 0.717) is 5.92 Å². The third-order valence-corrected chi connectivity index (χ3v) is 1.79. The van der Waals surface area contributed by atoms with E-state index in [2.05, 4.69) is 19.6 Å². The molecule has 0 bridgehead atoms. The molecule has 2 heteroatoms. The lowest BCUT2D eigenvalue weighted by Crippen LogP contribution is -1.95. The summed E-state index contributed by atoms with van der Waals surface area (Å²) in [4.78, 5) is 0. The van der Waals surface area contributed by atoms with Crippen LogP contribution >= 0.6 is 25.3 Å². The smallest absolute Gasteiger partial charge is 0.00704 e. The molecule has 6 heavy (non-hydrogen) atoms. The van der Waals surface area contributed by atoms with Crippen LogP contribution in [-0.2, 0) is 0 Å². The summed E-state index contributed by atoms with van der Waals surface area (Å²) in [5, 5.41) is 0. The van der Waals surface area contributed by atoms with Gasteiger partial charge in [-0.2, -0.15) is 12.6 Å². The molecule has 0 N–H and O–H groups in total. The minimum absolute atomic E-state index is 0.614. The highest BCUT2D eigenvalue weighted by atomic mass is 32.1. The van der Waals surface area contributed by atoms with Gasteiger partial charge in [0.15, 0.2) is 0 Å². The minimum Gasteiger partial charge on any atom is -0.179 e. The van der Waals surface area contributed by atoms with Crippen LogP contribution in [0, 0.1) is 5.92 Å². The zero-order chi connectivity index (χ0) is 4.99. The summed E-state index contributed by atoms with van der Waals surface area (Å²) < 4.78 is 0. The molecule has 1 radical (unpaired) electrons. The van der Waals surface area contributed by atoms with Gasteiger partial charge in [0.1, 0.15) is 0 Å². The molecule has 0 aromatic heterocycles. The van der Waals surface area contributed by atoms with Gasteiger partial charge in [-0.15, -0.1) is 0 Å². The predicted molar refractivity (Wildman–Crippen MR) is 35.5 cm³/mol. The molecule has 0 rings (SSSR count). The molecule has 0 nitrogen and oxygen atoms in total. The molecule has 0 aromatic carbocycles. The highest BCUT2D eigenvalue weighted by Gasteiger charge is 1.90. The summed E-state index contributed by atoms with van der Waals surface area (Å²) >= 11 is 8.75. The fraction of sp³-hybridized carbons (Fsp3) is 1.00. The maximum Gasteiger partial charge on any atom is 0.00704 e. The van der Waals surface area contributed by atoms with Crippen molar-refractivity contribution in [3.05, 3.63) is 0 Å². The molecule has 0 fully saturated rings. The SMILES string of the molecule is CC(C[S])CS. The van der Waals surface area contributed by atoms with Crippen LogP contribution in [0.5, 0.6) is 0 Å². The van der Waals surface area contributed by atoms with E-state index < -0.39 is 0 Å². The Balaban J connectivity index is 2.75. The molecule has 0 aromatic rings. The average molecular weight is 121 g/mol. The second-order valence-electron chi connectivity index (χ2n) is 1.45. The van der Waals surface area contributed by atoms with Crippen molar-refractivity contribution in [2.24, 2.45) is 5.92 Å². The Kier molecular flexibility index (Phi) is 4.33. The summed E-state index contributed by atoms with van der Waals surface area (Å²) in [6.45, 7) is 2.10. The Morgan fingerprint density at radius 1 is 1.83 bits per heavy atom. The van der Waals surface area contributed by atoms with E-state index in [1.165, 1.54) is 0 Å². The predicted octanol–water partition coefficient (Wildman–Crippen LogP) is 1.75. The minimum atomic E-state index is 0.614. The second kappa shape index (κ2) is 3.88. The summed E-state index contributed by atoms with van der Waals surface area (Å²) in [5.74, 6) is 2.37. The highest BCUT2D eigenvalue weighted by Crippen LogP contribution is 1.97. The number of hydrogen-bond acceptors (Lipinski definition) is 1. The third kappa shape index (κ3) is 2.91. The van der Waals surface area contributed by atoms with Gasteiger partial charge in [-0.1, -0.05) is 19.6 Å². The molecule has 0 saturated carbocycles. The van der Waals surface area contributed by atoms with Crippen LogP contribution in [-0.4, -0.2) is 11.5 Å². The summed E-state index contributed by atoms with van der Waals surface area (Å²) in [7, 11) is 0. The van der Waals surface area contributed by atoms with Gasteiger partial charge in [0.2, 0.25) is 0 Å². The zero-order valence-corrected chi connectivity index (χ0v) is 5.56. The molecular weight excluding hydrogens is 112 g/mol. The second-order valence-corrected chi connectivity index (χ2v) is 2.15. The Morgan fingerprint density at radius 2 is 2.33 bits per heavy atom. The maximum absolute atomic E-state index is 4.72. The number of thiol groups is 1. The van der Waals surface area contributed by atoms with Crippen LogP contribution in [0.1, 0.15) is 6.92 Å². The van der Waals surface area contributed by atoms with E-state index in [-0.39, 0.29) is 0 Å². The first-order valence-corrected chi connectivity index (χ1v) is 3.21. The van der Waals surface area contributed by atoms with Gasteiger partial charge in [-0.05, 0) is 11.7 Å². The van der Waals surface area contributed by atoms with E-state index in [9.17, 15) is 0 Å². The lowest BCUT2D eigenvalue weighted by Gasteiger charge is -1.96. The topological polar surface area (TPSA) is 0 Å². The Hall–Kier alpha value is 0.700. The zero-order valence-electron chi connectivity index (χ0n) is 3.85. The van der Waals surface area contributed by atoms with Crippen LogP contribution in [0.15, 0.2) is 0 Å². The van der Waals surface area contributed by atoms with Crippen molar-refractivity contribution < 1.29 is 0 Å². The van der Waals surface area contributed by atoms with E-state index in [1.807, 2.05) is 0 Å². The molecule has 1 atom stereocenters. The maximum atomic E-state index is 4.72.